The number of halogens is 1. The van der Waals surface area contributed by atoms with Gasteiger partial charge in [0.1, 0.15) is 5.82 Å². The first kappa shape index (κ1) is 10.4. The molecule has 0 atom stereocenters. The highest BCUT2D eigenvalue weighted by Gasteiger charge is 1.98. The summed E-state index contributed by atoms with van der Waals surface area (Å²) < 4.78 is 0. The quantitative estimate of drug-likeness (QED) is 0.584. The molecular formula is C12H13ClN2. The van der Waals surface area contributed by atoms with Crippen LogP contribution in [0.15, 0.2) is 30.5 Å². The number of fused-ring (bicyclic) bond motifs is 1. The van der Waals surface area contributed by atoms with E-state index in [2.05, 4.69) is 9.97 Å². The standard InChI is InChI=1S/C12H13ClN2/c13-8-4-3-7-12-14-9-10-5-1-2-6-11(10)15-12/h1-2,5-6,9H,3-4,7-8H2. The van der Waals surface area contributed by atoms with Gasteiger partial charge in [0.05, 0.1) is 5.52 Å². The average Bonchev–Trinajstić information content (AvgIpc) is 2.29. The second-order valence-electron chi connectivity index (χ2n) is 3.49. The molecule has 1 heterocycles. The van der Waals surface area contributed by atoms with Crippen LogP contribution in [0.25, 0.3) is 10.9 Å². The second kappa shape index (κ2) is 5.08. The van der Waals surface area contributed by atoms with Crippen molar-refractivity contribution < 1.29 is 0 Å². The summed E-state index contributed by atoms with van der Waals surface area (Å²) in [7, 11) is 0. The summed E-state index contributed by atoms with van der Waals surface area (Å²) in [6.45, 7) is 0. The van der Waals surface area contributed by atoms with Crippen molar-refractivity contribution >= 4 is 22.5 Å². The number of rotatable bonds is 4. The van der Waals surface area contributed by atoms with Gasteiger partial charge in [-0.25, -0.2) is 9.97 Å². The third-order valence-electron chi connectivity index (χ3n) is 2.32. The molecule has 1 aromatic carbocycles. The molecule has 0 saturated heterocycles. The smallest absolute Gasteiger partial charge is 0.128 e. The third-order valence-corrected chi connectivity index (χ3v) is 2.59. The number of unbranched alkanes of at least 4 members (excludes halogenated alkanes) is 1. The highest BCUT2D eigenvalue weighted by molar-refractivity contribution is 6.17. The molecule has 2 aromatic rings. The molecule has 0 bridgehead atoms. The van der Waals surface area contributed by atoms with Crippen LogP contribution in [0, 0.1) is 0 Å². The maximum atomic E-state index is 5.62. The van der Waals surface area contributed by atoms with Crippen LogP contribution in [0.1, 0.15) is 18.7 Å². The van der Waals surface area contributed by atoms with E-state index in [4.69, 9.17) is 11.6 Å². The van der Waals surface area contributed by atoms with E-state index in [-0.39, 0.29) is 0 Å². The summed E-state index contributed by atoms with van der Waals surface area (Å²) in [5.74, 6) is 1.63. The lowest BCUT2D eigenvalue weighted by Gasteiger charge is -2.00. The number of hydrogen-bond acceptors (Lipinski definition) is 2. The zero-order valence-corrected chi connectivity index (χ0v) is 9.24. The third kappa shape index (κ3) is 2.66. The summed E-state index contributed by atoms with van der Waals surface area (Å²) in [6, 6.07) is 8.04. The Balaban J connectivity index is 2.16. The summed E-state index contributed by atoms with van der Waals surface area (Å²) in [4.78, 5) is 8.82. The highest BCUT2D eigenvalue weighted by Crippen LogP contribution is 2.10. The van der Waals surface area contributed by atoms with Gasteiger partial charge in [-0.2, -0.15) is 0 Å². The van der Waals surface area contributed by atoms with Gasteiger partial charge in [-0.3, -0.25) is 0 Å². The van der Waals surface area contributed by atoms with Crippen LogP contribution in [0.5, 0.6) is 0 Å². The number of para-hydroxylation sites is 1. The first-order chi connectivity index (χ1) is 7.40. The zero-order valence-electron chi connectivity index (χ0n) is 8.49. The SMILES string of the molecule is ClCCCCc1ncc2ccccc2n1. The molecule has 0 amide bonds. The van der Waals surface area contributed by atoms with Crippen LogP contribution >= 0.6 is 11.6 Å². The molecular weight excluding hydrogens is 208 g/mol. The van der Waals surface area contributed by atoms with Crippen LogP contribution in [-0.2, 0) is 6.42 Å². The van der Waals surface area contributed by atoms with Crippen molar-refractivity contribution in [2.45, 2.75) is 19.3 Å². The van der Waals surface area contributed by atoms with Gasteiger partial charge < -0.3 is 0 Å². The van der Waals surface area contributed by atoms with Gasteiger partial charge in [-0.05, 0) is 18.9 Å². The molecule has 0 saturated carbocycles. The number of nitrogens with zero attached hydrogens (tertiary/aromatic N) is 2. The number of aromatic nitrogens is 2. The number of aryl methyl sites for hydroxylation is 1. The van der Waals surface area contributed by atoms with E-state index in [1.807, 2.05) is 30.5 Å². The minimum Gasteiger partial charge on any atom is -0.241 e. The van der Waals surface area contributed by atoms with Crippen molar-refractivity contribution in [1.82, 2.24) is 9.97 Å². The minimum absolute atomic E-state index is 0.716. The van der Waals surface area contributed by atoms with Crippen LogP contribution in [0.4, 0.5) is 0 Å². The van der Waals surface area contributed by atoms with E-state index >= 15 is 0 Å². The second-order valence-corrected chi connectivity index (χ2v) is 3.87. The number of benzene rings is 1. The maximum Gasteiger partial charge on any atom is 0.128 e. The summed E-state index contributed by atoms with van der Waals surface area (Å²) in [6.07, 6.45) is 4.88. The number of hydrogen-bond donors (Lipinski definition) is 0. The molecule has 0 unspecified atom stereocenters. The Morgan fingerprint density at radius 3 is 2.87 bits per heavy atom. The lowest BCUT2D eigenvalue weighted by Crippen LogP contribution is -1.95. The molecule has 0 spiro atoms. The van der Waals surface area contributed by atoms with Gasteiger partial charge in [-0.15, -0.1) is 11.6 Å². The Bertz CT molecular complexity index is 442. The van der Waals surface area contributed by atoms with Crippen molar-refractivity contribution in [3.05, 3.63) is 36.3 Å². The van der Waals surface area contributed by atoms with Gasteiger partial charge in [0, 0.05) is 23.9 Å². The topological polar surface area (TPSA) is 25.8 Å². The molecule has 0 N–H and O–H groups in total. The molecule has 2 rings (SSSR count). The van der Waals surface area contributed by atoms with Crippen molar-refractivity contribution in [3.63, 3.8) is 0 Å². The van der Waals surface area contributed by atoms with Crippen LogP contribution in [0.2, 0.25) is 0 Å². The molecule has 0 aliphatic heterocycles. The Labute approximate surface area is 94.3 Å². The Morgan fingerprint density at radius 2 is 2.00 bits per heavy atom. The van der Waals surface area contributed by atoms with E-state index in [9.17, 15) is 0 Å². The predicted molar refractivity (Wildman–Crippen MR) is 63.2 cm³/mol. The number of alkyl halides is 1. The molecule has 78 valence electrons. The largest absolute Gasteiger partial charge is 0.241 e. The van der Waals surface area contributed by atoms with Gasteiger partial charge in [0.2, 0.25) is 0 Å². The van der Waals surface area contributed by atoms with Crippen LogP contribution < -0.4 is 0 Å². The van der Waals surface area contributed by atoms with Crippen molar-refractivity contribution in [1.29, 1.82) is 0 Å². The molecule has 1 aromatic heterocycles. The Morgan fingerprint density at radius 1 is 1.13 bits per heavy atom. The fourth-order valence-corrected chi connectivity index (χ4v) is 1.70. The fraction of sp³-hybridized carbons (Fsp3) is 0.333. The molecule has 2 nitrogen and oxygen atoms in total. The van der Waals surface area contributed by atoms with E-state index in [1.165, 1.54) is 0 Å². The molecule has 15 heavy (non-hydrogen) atoms. The minimum atomic E-state index is 0.716. The van der Waals surface area contributed by atoms with Crippen LogP contribution in [0.3, 0.4) is 0 Å². The van der Waals surface area contributed by atoms with Gasteiger partial charge in [0.15, 0.2) is 0 Å². The van der Waals surface area contributed by atoms with Gasteiger partial charge in [0.25, 0.3) is 0 Å². The molecule has 0 aliphatic rings. The van der Waals surface area contributed by atoms with Crippen molar-refractivity contribution in [2.75, 3.05) is 5.88 Å². The first-order valence-electron chi connectivity index (χ1n) is 5.17. The molecule has 3 heteroatoms. The summed E-state index contributed by atoms with van der Waals surface area (Å²) >= 11 is 5.62. The van der Waals surface area contributed by atoms with Gasteiger partial charge >= 0.3 is 0 Å². The van der Waals surface area contributed by atoms with Gasteiger partial charge in [-0.1, -0.05) is 18.2 Å². The van der Waals surface area contributed by atoms with E-state index < -0.39 is 0 Å². The van der Waals surface area contributed by atoms with Crippen molar-refractivity contribution in [3.8, 4) is 0 Å². The normalized spacial score (nSPS) is 10.7. The Kier molecular flexibility index (Phi) is 3.51. The molecule has 0 aliphatic carbocycles. The van der Waals surface area contributed by atoms with E-state index in [1.54, 1.807) is 0 Å². The average molecular weight is 221 g/mol. The van der Waals surface area contributed by atoms with Crippen LogP contribution in [-0.4, -0.2) is 15.8 Å². The molecule has 0 fully saturated rings. The highest BCUT2D eigenvalue weighted by atomic mass is 35.5. The first-order valence-corrected chi connectivity index (χ1v) is 5.70. The molecule has 0 radical (unpaired) electrons. The van der Waals surface area contributed by atoms with E-state index in [0.717, 1.165) is 36.0 Å². The van der Waals surface area contributed by atoms with E-state index in [0.29, 0.717) is 5.88 Å². The maximum absolute atomic E-state index is 5.62. The fourth-order valence-electron chi connectivity index (χ4n) is 1.51. The van der Waals surface area contributed by atoms with Crippen molar-refractivity contribution in [2.24, 2.45) is 0 Å². The summed E-state index contributed by atoms with van der Waals surface area (Å²) in [5.41, 5.74) is 1.02. The monoisotopic (exact) mass is 220 g/mol. The zero-order chi connectivity index (χ0) is 10.5. The lowest BCUT2D eigenvalue weighted by atomic mass is 10.2. The summed E-state index contributed by atoms with van der Waals surface area (Å²) in [5, 5.41) is 1.10. The Hall–Kier alpha value is -1.15. The predicted octanol–water partition coefficient (Wildman–Crippen LogP) is 3.19. The lowest BCUT2D eigenvalue weighted by molar-refractivity contribution is 0.760.